The number of hydrogen-bond donors (Lipinski definition) is 0. The van der Waals surface area contributed by atoms with Gasteiger partial charge in [0.25, 0.3) is 0 Å². The van der Waals surface area contributed by atoms with E-state index in [0.717, 1.165) is 0 Å². The lowest BCUT2D eigenvalue weighted by Crippen LogP contribution is -1.83. The molecular weight excluding hydrogens is 146 g/mol. The van der Waals surface area contributed by atoms with E-state index in [2.05, 4.69) is 23.2 Å². The van der Waals surface area contributed by atoms with Crippen LogP contribution in [0.2, 0.25) is 0 Å². The summed E-state index contributed by atoms with van der Waals surface area (Å²) in [7, 11) is 0. The molecule has 0 fully saturated rings. The summed E-state index contributed by atoms with van der Waals surface area (Å²) in [4.78, 5) is 3.95. The molecule has 0 spiro atoms. The van der Waals surface area contributed by atoms with E-state index in [1.807, 2.05) is 0 Å². The molecule has 1 rings (SSSR count). The first-order valence-corrected chi connectivity index (χ1v) is 3.56. The molecule has 0 radical (unpaired) electrons. The van der Waals surface area contributed by atoms with Gasteiger partial charge in [-0.1, -0.05) is 24.9 Å². The van der Waals surface area contributed by atoms with Crippen LogP contribution in [0.25, 0.3) is 6.20 Å². The van der Waals surface area contributed by atoms with Gasteiger partial charge in [-0.15, -0.1) is 5.10 Å². The molecule has 0 aliphatic rings. The second kappa shape index (κ2) is 3.22. The summed E-state index contributed by atoms with van der Waals surface area (Å²) in [5.41, 5.74) is 0. The third-order valence-electron chi connectivity index (χ3n) is 0.863. The monoisotopic (exact) mass is 153 g/mol. The molecule has 3 nitrogen and oxygen atoms in total. The molecule has 0 aliphatic carbocycles. The summed E-state index contributed by atoms with van der Waals surface area (Å²) in [5.74, 6) is 0. The van der Waals surface area contributed by atoms with Crippen molar-refractivity contribution in [1.82, 2.24) is 14.8 Å². The maximum Gasteiger partial charge on any atom is 0.213 e. The van der Waals surface area contributed by atoms with E-state index < -0.39 is 0 Å². The Balaban J connectivity index is 2.77. The molecule has 4 heteroatoms. The summed E-state index contributed by atoms with van der Waals surface area (Å²) in [6.07, 6.45) is 3.18. The molecule has 1 aromatic rings. The van der Waals surface area contributed by atoms with Gasteiger partial charge in [-0.3, -0.25) is 0 Å². The Morgan fingerprint density at radius 1 is 1.60 bits per heavy atom. The summed E-state index contributed by atoms with van der Waals surface area (Å²) < 4.78 is 1.55. The van der Waals surface area contributed by atoms with Crippen molar-refractivity contribution >= 4 is 18.0 Å². The van der Waals surface area contributed by atoms with E-state index in [-0.39, 0.29) is 0 Å². The lowest BCUT2D eigenvalue weighted by atomic mass is 11.0. The van der Waals surface area contributed by atoms with E-state index in [4.69, 9.17) is 0 Å². The molecule has 10 heavy (non-hydrogen) atoms. The van der Waals surface area contributed by atoms with E-state index in [1.54, 1.807) is 22.6 Å². The van der Waals surface area contributed by atoms with Crippen LogP contribution in [0.3, 0.4) is 0 Å². The van der Waals surface area contributed by atoms with Gasteiger partial charge in [-0.2, -0.15) is 0 Å². The summed E-state index contributed by atoms with van der Waals surface area (Å²) >= 11 is 1.38. The normalized spacial score (nSPS) is 9.20. The van der Waals surface area contributed by atoms with Gasteiger partial charge < -0.3 is 0 Å². The molecule has 0 amide bonds. The average molecular weight is 153 g/mol. The van der Waals surface area contributed by atoms with E-state index >= 15 is 0 Å². The van der Waals surface area contributed by atoms with Crippen molar-refractivity contribution in [3.05, 3.63) is 24.9 Å². The first kappa shape index (κ1) is 7.08. The zero-order valence-electron chi connectivity index (χ0n) is 5.40. The number of aromatic nitrogens is 3. The van der Waals surface area contributed by atoms with Crippen LogP contribution >= 0.6 is 11.8 Å². The largest absolute Gasteiger partial charge is 0.228 e. The molecule has 0 aromatic carbocycles. The highest BCUT2D eigenvalue weighted by Gasteiger charge is 1.94. The maximum absolute atomic E-state index is 4.00. The first-order chi connectivity index (χ1) is 4.86. The smallest absolute Gasteiger partial charge is 0.213 e. The van der Waals surface area contributed by atoms with Crippen LogP contribution in [-0.4, -0.2) is 14.8 Å². The molecule has 0 saturated carbocycles. The minimum Gasteiger partial charge on any atom is -0.228 e. The molecule has 0 saturated heterocycles. The summed E-state index contributed by atoms with van der Waals surface area (Å²) in [5, 5.41) is 6.37. The Kier molecular flexibility index (Phi) is 2.28. The van der Waals surface area contributed by atoms with Crippen LogP contribution in [0, 0.1) is 0 Å². The lowest BCUT2D eigenvalue weighted by molar-refractivity contribution is 0.879. The van der Waals surface area contributed by atoms with Crippen molar-refractivity contribution in [1.29, 1.82) is 0 Å². The molecule has 1 aromatic heterocycles. The third-order valence-corrected chi connectivity index (χ3v) is 1.43. The van der Waals surface area contributed by atoms with Crippen LogP contribution in [-0.2, 0) is 0 Å². The van der Waals surface area contributed by atoms with Gasteiger partial charge in [0.1, 0.15) is 6.33 Å². The summed E-state index contributed by atoms with van der Waals surface area (Å²) in [6.45, 7) is 7.07. The van der Waals surface area contributed by atoms with Crippen molar-refractivity contribution in [2.75, 3.05) is 0 Å². The highest BCUT2D eigenvalue weighted by atomic mass is 32.2. The van der Waals surface area contributed by atoms with Crippen LogP contribution in [0.1, 0.15) is 0 Å². The fourth-order valence-corrected chi connectivity index (χ4v) is 0.874. The van der Waals surface area contributed by atoms with E-state index in [1.165, 1.54) is 11.8 Å². The Morgan fingerprint density at radius 3 is 2.90 bits per heavy atom. The van der Waals surface area contributed by atoms with Crippen molar-refractivity contribution in [3.8, 4) is 0 Å². The molecule has 1 heterocycles. The minimum absolute atomic E-state index is 0.690. The molecule has 0 bridgehead atoms. The zero-order chi connectivity index (χ0) is 7.40. The average Bonchev–Trinajstić information content (AvgIpc) is 2.37. The highest BCUT2D eigenvalue weighted by molar-refractivity contribution is 8.01. The Bertz CT molecular complexity index is 241. The second-order valence-corrected chi connectivity index (χ2v) is 2.41. The van der Waals surface area contributed by atoms with Crippen molar-refractivity contribution in [3.63, 3.8) is 0 Å². The Morgan fingerprint density at radius 2 is 2.40 bits per heavy atom. The van der Waals surface area contributed by atoms with Crippen molar-refractivity contribution in [2.45, 2.75) is 5.16 Å². The number of hydrogen-bond acceptors (Lipinski definition) is 3. The first-order valence-electron chi connectivity index (χ1n) is 2.68. The SMILES string of the molecule is C=CSc1ncn(C=C)n1. The number of rotatable bonds is 3. The van der Waals surface area contributed by atoms with Crippen LogP contribution in [0.4, 0.5) is 0 Å². The topological polar surface area (TPSA) is 30.7 Å². The van der Waals surface area contributed by atoms with E-state index in [9.17, 15) is 0 Å². The summed E-state index contributed by atoms with van der Waals surface area (Å²) in [6, 6.07) is 0. The second-order valence-electron chi connectivity index (χ2n) is 1.47. The maximum atomic E-state index is 4.00. The molecule has 0 aliphatic heterocycles. The fourth-order valence-electron chi connectivity index (χ4n) is 0.475. The predicted octanol–water partition coefficient (Wildman–Crippen LogP) is 1.61. The van der Waals surface area contributed by atoms with Crippen LogP contribution in [0.5, 0.6) is 0 Å². The van der Waals surface area contributed by atoms with Gasteiger partial charge in [-0.25, -0.2) is 9.67 Å². The third kappa shape index (κ3) is 1.48. The quantitative estimate of drug-likeness (QED) is 0.618. The van der Waals surface area contributed by atoms with Gasteiger partial charge >= 0.3 is 0 Å². The van der Waals surface area contributed by atoms with Gasteiger partial charge in [0, 0.05) is 6.20 Å². The fraction of sp³-hybridized carbons (Fsp3) is 0. The zero-order valence-corrected chi connectivity index (χ0v) is 6.21. The van der Waals surface area contributed by atoms with Gasteiger partial charge in [0.15, 0.2) is 0 Å². The number of thioether (sulfide) groups is 1. The van der Waals surface area contributed by atoms with E-state index in [0.29, 0.717) is 5.16 Å². The highest BCUT2D eigenvalue weighted by Crippen LogP contribution is 2.10. The van der Waals surface area contributed by atoms with Gasteiger partial charge in [0.05, 0.1) is 0 Å². The van der Waals surface area contributed by atoms with Gasteiger partial charge in [0.2, 0.25) is 5.16 Å². The van der Waals surface area contributed by atoms with Crippen LogP contribution in [0.15, 0.2) is 30.0 Å². The molecule has 0 unspecified atom stereocenters. The van der Waals surface area contributed by atoms with Crippen LogP contribution < -0.4 is 0 Å². The Labute approximate surface area is 63.5 Å². The molecule has 0 N–H and O–H groups in total. The molecular formula is C6H7N3S. The van der Waals surface area contributed by atoms with Gasteiger partial charge in [-0.05, 0) is 5.41 Å². The standard InChI is InChI=1S/C6H7N3S/c1-3-9-5-7-6(8-9)10-4-2/h3-5H,1-2H2. The minimum atomic E-state index is 0.690. The molecule has 0 atom stereocenters. The predicted molar refractivity (Wildman–Crippen MR) is 42.5 cm³/mol. The van der Waals surface area contributed by atoms with Crippen molar-refractivity contribution in [2.24, 2.45) is 0 Å². The van der Waals surface area contributed by atoms with Crippen molar-refractivity contribution < 1.29 is 0 Å². The lowest BCUT2D eigenvalue weighted by Gasteiger charge is -1.83. The number of nitrogens with zero attached hydrogens (tertiary/aromatic N) is 3. The Hall–Kier alpha value is -1.03. The molecule has 52 valence electrons.